The molecule has 0 atom stereocenters. The molecule has 0 spiro atoms. The predicted octanol–water partition coefficient (Wildman–Crippen LogP) is 2.96. The summed E-state index contributed by atoms with van der Waals surface area (Å²) in [6.07, 6.45) is 4.61. The maximum absolute atomic E-state index is 4.83. The second kappa shape index (κ2) is 8.35. The number of thioether (sulfide) groups is 2. The Morgan fingerprint density at radius 2 is 1.96 bits per heavy atom. The fraction of sp³-hybridized carbons (Fsp3) is 0.722. The molecule has 4 rings (SSSR count). The highest BCUT2D eigenvalue weighted by Gasteiger charge is 2.21. The second-order valence-corrected chi connectivity index (χ2v) is 10.0. The van der Waals surface area contributed by atoms with Crippen molar-refractivity contribution in [3.05, 3.63) is 11.3 Å². The van der Waals surface area contributed by atoms with Gasteiger partial charge in [0.25, 0.3) is 5.78 Å². The van der Waals surface area contributed by atoms with Crippen LogP contribution in [-0.2, 0) is 12.8 Å². The van der Waals surface area contributed by atoms with Gasteiger partial charge in [-0.3, -0.25) is 4.90 Å². The van der Waals surface area contributed by atoms with Crippen LogP contribution >= 0.6 is 23.5 Å². The molecule has 0 amide bonds. The lowest BCUT2D eigenvalue weighted by Gasteiger charge is -2.26. The Kier molecular flexibility index (Phi) is 5.90. The van der Waals surface area contributed by atoms with E-state index in [9.17, 15) is 0 Å². The van der Waals surface area contributed by atoms with Crippen LogP contribution in [0.15, 0.2) is 5.16 Å². The molecule has 142 valence electrons. The Labute approximate surface area is 163 Å². The first-order chi connectivity index (χ1) is 12.7. The second-order valence-electron chi connectivity index (χ2n) is 7.25. The van der Waals surface area contributed by atoms with E-state index in [-0.39, 0.29) is 0 Å². The lowest BCUT2D eigenvalue weighted by Crippen LogP contribution is -2.36. The fourth-order valence-electron chi connectivity index (χ4n) is 3.62. The van der Waals surface area contributed by atoms with E-state index in [1.54, 1.807) is 11.8 Å². The number of nitrogens with zero attached hydrogens (tertiary/aromatic N) is 5. The van der Waals surface area contributed by atoms with Gasteiger partial charge in [-0.2, -0.15) is 21.3 Å². The van der Waals surface area contributed by atoms with E-state index in [2.05, 4.69) is 40.8 Å². The van der Waals surface area contributed by atoms with Crippen molar-refractivity contribution in [3.8, 4) is 0 Å². The fourth-order valence-corrected chi connectivity index (χ4v) is 5.29. The number of nitrogens with one attached hydrogen (secondary N) is 1. The first-order valence-electron chi connectivity index (χ1n) is 9.70. The van der Waals surface area contributed by atoms with E-state index in [1.165, 1.54) is 48.7 Å². The van der Waals surface area contributed by atoms with Crippen LogP contribution in [-0.4, -0.2) is 67.4 Å². The summed E-state index contributed by atoms with van der Waals surface area (Å²) in [5.41, 5.74) is 2.57. The average Bonchev–Trinajstić information content (AvgIpc) is 3.03. The number of aryl methyl sites for hydroxylation is 1. The molecule has 0 radical (unpaired) electrons. The molecule has 2 aromatic rings. The highest BCUT2D eigenvalue weighted by Crippen LogP contribution is 2.29. The molecule has 1 aliphatic heterocycles. The predicted molar refractivity (Wildman–Crippen MR) is 111 cm³/mol. The molecule has 3 heterocycles. The normalized spacial score (nSPS) is 18.4. The van der Waals surface area contributed by atoms with Gasteiger partial charge in [-0.25, -0.2) is 4.98 Å². The van der Waals surface area contributed by atoms with Gasteiger partial charge in [0.15, 0.2) is 0 Å². The number of rotatable bonds is 6. The lowest BCUT2D eigenvalue weighted by atomic mass is 9.96. The van der Waals surface area contributed by atoms with Crippen molar-refractivity contribution in [1.29, 1.82) is 0 Å². The van der Waals surface area contributed by atoms with E-state index in [0.717, 1.165) is 42.7 Å². The molecule has 1 aliphatic carbocycles. The van der Waals surface area contributed by atoms with Gasteiger partial charge in [-0.05, 0) is 25.7 Å². The number of anilines is 1. The van der Waals surface area contributed by atoms with Crippen molar-refractivity contribution in [3.63, 3.8) is 0 Å². The summed E-state index contributed by atoms with van der Waals surface area (Å²) in [5, 5.41) is 9.74. The molecular formula is C18H28N6S2. The smallest absolute Gasteiger partial charge is 0.255 e. The minimum Gasteiger partial charge on any atom is -0.368 e. The van der Waals surface area contributed by atoms with E-state index < -0.39 is 0 Å². The molecule has 1 N–H and O–H groups in total. The first-order valence-corrected chi connectivity index (χ1v) is 11.7. The van der Waals surface area contributed by atoms with E-state index in [0.29, 0.717) is 5.25 Å². The maximum atomic E-state index is 4.83. The topological polar surface area (TPSA) is 58.4 Å². The first kappa shape index (κ1) is 18.4. The summed E-state index contributed by atoms with van der Waals surface area (Å²) >= 11 is 3.76. The van der Waals surface area contributed by atoms with Gasteiger partial charge < -0.3 is 5.32 Å². The summed E-state index contributed by atoms with van der Waals surface area (Å²) in [6, 6.07) is 0. The third-order valence-electron chi connectivity index (χ3n) is 4.91. The highest BCUT2D eigenvalue weighted by atomic mass is 32.2. The average molecular weight is 393 g/mol. The largest absolute Gasteiger partial charge is 0.368 e. The SMILES string of the molecule is CC(C)Sc1nc2nc3c(c(NCCN4CCSCC4)n2n1)CCCC3. The monoisotopic (exact) mass is 392 g/mol. The van der Waals surface area contributed by atoms with E-state index in [1.807, 2.05) is 4.52 Å². The van der Waals surface area contributed by atoms with Gasteiger partial charge in [-0.15, -0.1) is 5.10 Å². The zero-order valence-electron chi connectivity index (χ0n) is 15.7. The molecule has 1 fully saturated rings. The zero-order chi connectivity index (χ0) is 17.9. The number of fused-ring (bicyclic) bond motifs is 2. The Bertz CT molecular complexity index is 754. The molecule has 8 heteroatoms. The van der Waals surface area contributed by atoms with Gasteiger partial charge >= 0.3 is 0 Å². The van der Waals surface area contributed by atoms with E-state index >= 15 is 0 Å². The Morgan fingerprint density at radius 3 is 2.77 bits per heavy atom. The molecule has 26 heavy (non-hydrogen) atoms. The molecular weight excluding hydrogens is 364 g/mol. The standard InChI is InChI=1S/C18H28N6S2/c1-13(2)26-18-21-17-20-15-6-4-3-5-14(15)16(24(17)22-18)19-7-8-23-9-11-25-12-10-23/h13,19H,3-12H2,1-2H3. The molecule has 2 aliphatic rings. The molecule has 2 aromatic heterocycles. The van der Waals surface area contributed by atoms with Crippen molar-refractivity contribution in [2.75, 3.05) is 43.0 Å². The minimum absolute atomic E-state index is 0.468. The lowest BCUT2D eigenvalue weighted by molar-refractivity contribution is 0.314. The zero-order valence-corrected chi connectivity index (χ0v) is 17.3. The summed E-state index contributed by atoms with van der Waals surface area (Å²) in [4.78, 5) is 12.0. The van der Waals surface area contributed by atoms with Gasteiger partial charge in [0.1, 0.15) is 5.82 Å². The van der Waals surface area contributed by atoms with Crippen LogP contribution in [0.3, 0.4) is 0 Å². The Balaban J connectivity index is 1.58. The van der Waals surface area contributed by atoms with E-state index in [4.69, 9.17) is 10.1 Å². The molecule has 0 saturated carbocycles. The van der Waals surface area contributed by atoms with Crippen molar-refractivity contribution in [1.82, 2.24) is 24.5 Å². The van der Waals surface area contributed by atoms with Gasteiger partial charge in [0, 0.05) is 48.5 Å². The van der Waals surface area contributed by atoms with Crippen LogP contribution in [0, 0.1) is 0 Å². The maximum Gasteiger partial charge on any atom is 0.255 e. The molecule has 0 aromatic carbocycles. The van der Waals surface area contributed by atoms with Gasteiger partial charge in [0.05, 0.1) is 5.69 Å². The van der Waals surface area contributed by atoms with Crippen LogP contribution in [0.4, 0.5) is 5.82 Å². The molecule has 6 nitrogen and oxygen atoms in total. The number of aromatic nitrogens is 4. The van der Waals surface area contributed by atoms with Crippen molar-refractivity contribution >= 4 is 35.1 Å². The molecule has 0 bridgehead atoms. The van der Waals surface area contributed by atoms with Crippen LogP contribution in [0.5, 0.6) is 0 Å². The number of hydrogen-bond acceptors (Lipinski definition) is 7. The Hall–Kier alpha value is -0.990. The third-order valence-corrected chi connectivity index (χ3v) is 6.70. The van der Waals surface area contributed by atoms with Crippen molar-refractivity contribution < 1.29 is 0 Å². The van der Waals surface area contributed by atoms with Gasteiger partial charge in [0.2, 0.25) is 5.16 Å². The summed E-state index contributed by atoms with van der Waals surface area (Å²) < 4.78 is 1.95. The summed E-state index contributed by atoms with van der Waals surface area (Å²) in [7, 11) is 0. The summed E-state index contributed by atoms with van der Waals surface area (Å²) in [6.45, 7) is 8.78. The van der Waals surface area contributed by atoms with Crippen LogP contribution in [0.2, 0.25) is 0 Å². The molecule has 1 saturated heterocycles. The van der Waals surface area contributed by atoms with Crippen LogP contribution in [0.1, 0.15) is 37.9 Å². The highest BCUT2D eigenvalue weighted by molar-refractivity contribution is 7.99. The van der Waals surface area contributed by atoms with Gasteiger partial charge in [-0.1, -0.05) is 25.6 Å². The number of hydrogen-bond donors (Lipinski definition) is 1. The van der Waals surface area contributed by atoms with Crippen molar-refractivity contribution in [2.45, 2.75) is 49.9 Å². The minimum atomic E-state index is 0.468. The Morgan fingerprint density at radius 1 is 1.15 bits per heavy atom. The summed E-state index contributed by atoms with van der Waals surface area (Å²) in [5.74, 6) is 4.38. The quantitative estimate of drug-likeness (QED) is 0.759. The third kappa shape index (κ3) is 4.12. The molecule has 0 unspecified atom stereocenters. The van der Waals surface area contributed by atoms with Crippen LogP contribution in [0.25, 0.3) is 5.78 Å². The van der Waals surface area contributed by atoms with Crippen LogP contribution < -0.4 is 5.32 Å². The van der Waals surface area contributed by atoms with Crippen molar-refractivity contribution in [2.24, 2.45) is 0 Å².